The number of furan rings is 1. The Hall–Kier alpha value is -3.47. The van der Waals surface area contributed by atoms with Crippen LogP contribution in [0, 0.1) is 13.8 Å². The molecule has 0 unspecified atom stereocenters. The van der Waals surface area contributed by atoms with Gasteiger partial charge in [-0.25, -0.2) is 0 Å². The zero-order chi connectivity index (χ0) is 20.9. The molecule has 0 aliphatic carbocycles. The van der Waals surface area contributed by atoms with Gasteiger partial charge in [-0.3, -0.25) is 4.79 Å². The number of fused-ring (bicyclic) bond motifs is 1. The maximum atomic E-state index is 13.0. The van der Waals surface area contributed by atoms with Crippen LogP contribution in [0.2, 0.25) is 0 Å². The maximum Gasteiger partial charge on any atom is 0.235 e. The van der Waals surface area contributed by atoms with E-state index in [4.69, 9.17) is 18.3 Å². The molecule has 2 aromatic carbocycles. The standard InChI is InChI=1S/C25H24O5/c1-17-7-10-19(11-8-17)27-13-3-4-14-29-25-23(26)20-12-9-18(2)16-22(20)30-24(25)21-6-5-15-28-21/h5-12,15-16H,3-4,13-14H2,1-2H3. The van der Waals surface area contributed by atoms with E-state index in [1.165, 1.54) is 5.56 Å². The van der Waals surface area contributed by atoms with Crippen LogP contribution in [0.15, 0.2) is 74.5 Å². The van der Waals surface area contributed by atoms with Crippen molar-refractivity contribution in [3.05, 3.63) is 82.2 Å². The summed E-state index contributed by atoms with van der Waals surface area (Å²) in [5, 5.41) is 0.494. The van der Waals surface area contributed by atoms with Crippen LogP contribution >= 0.6 is 0 Å². The number of unbranched alkanes of at least 4 members (excludes halogenated alkanes) is 1. The van der Waals surface area contributed by atoms with E-state index in [2.05, 4.69) is 0 Å². The third-order valence-electron chi connectivity index (χ3n) is 4.83. The van der Waals surface area contributed by atoms with E-state index in [0.29, 0.717) is 35.7 Å². The Balaban J connectivity index is 1.44. The second-order valence-electron chi connectivity index (χ2n) is 7.28. The fourth-order valence-corrected chi connectivity index (χ4v) is 3.19. The summed E-state index contributed by atoms with van der Waals surface area (Å²) in [5.41, 5.74) is 2.54. The maximum absolute atomic E-state index is 13.0. The van der Waals surface area contributed by atoms with E-state index >= 15 is 0 Å². The first-order valence-corrected chi connectivity index (χ1v) is 10.1. The minimum absolute atomic E-state index is 0.181. The van der Waals surface area contributed by atoms with Gasteiger partial charge in [-0.1, -0.05) is 23.8 Å². The summed E-state index contributed by atoms with van der Waals surface area (Å²) < 4.78 is 23.1. The Morgan fingerprint density at radius 2 is 1.60 bits per heavy atom. The summed E-state index contributed by atoms with van der Waals surface area (Å²) >= 11 is 0. The molecule has 0 amide bonds. The van der Waals surface area contributed by atoms with Crippen LogP contribution in [0.25, 0.3) is 22.5 Å². The quantitative estimate of drug-likeness (QED) is 0.342. The zero-order valence-electron chi connectivity index (χ0n) is 17.1. The molecule has 2 heterocycles. The van der Waals surface area contributed by atoms with Crippen LogP contribution in [0.1, 0.15) is 24.0 Å². The third-order valence-corrected chi connectivity index (χ3v) is 4.83. The van der Waals surface area contributed by atoms with Crippen molar-refractivity contribution in [1.29, 1.82) is 0 Å². The van der Waals surface area contributed by atoms with Crippen LogP contribution in [-0.4, -0.2) is 13.2 Å². The molecule has 0 spiro atoms. The van der Waals surface area contributed by atoms with Crippen molar-refractivity contribution in [3.63, 3.8) is 0 Å². The molecule has 4 aromatic rings. The smallest absolute Gasteiger partial charge is 0.235 e. The fraction of sp³-hybridized carbons (Fsp3) is 0.240. The van der Waals surface area contributed by atoms with E-state index in [1.54, 1.807) is 24.5 Å². The van der Waals surface area contributed by atoms with Crippen LogP contribution in [-0.2, 0) is 0 Å². The van der Waals surface area contributed by atoms with Crippen molar-refractivity contribution >= 4 is 11.0 Å². The van der Waals surface area contributed by atoms with Crippen molar-refractivity contribution in [1.82, 2.24) is 0 Å². The predicted molar refractivity (Wildman–Crippen MR) is 116 cm³/mol. The van der Waals surface area contributed by atoms with E-state index in [-0.39, 0.29) is 11.2 Å². The minimum Gasteiger partial charge on any atom is -0.494 e. The molecule has 2 aromatic heterocycles. The topological polar surface area (TPSA) is 61.8 Å². The number of hydrogen-bond acceptors (Lipinski definition) is 5. The molecule has 5 heteroatoms. The average molecular weight is 404 g/mol. The van der Waals surface area contributed by atoms with E-state index < -0.39 is 0 Å². The second kappa shape index (κ2) is 8.91. The molecule has 0 N–H and O–H groups in total. The van der Waals surface area contributed by atoms with Gasteiger partial charge in [0.05, 0.1) is 24.9 Å². The van der Waals surface area contributed by atoms with Gasteiger partial charge in [-0.2, -0.15) is 0 Å². The van der Waals surface area contributed by atoms with Crippen LogP contribution in [0.3, 0.4) is 0 Å². The fourth-order valence-electron chi connectivity index (χ4n) is 3.19. The van der Waals surface area contributed by atoms with Gasteiger partial charge in [0.1, 0.15) is 11.3 Å². The lowest BCUT2D eigenvalue weighted by molar-refractivity contribution is 0.262. The van der Waals surface area contributed by atoms with Crippen molar-refractivity contribution in [3.8, 4) is 23.0 Å². The summed E-state index contributed by atoms with van der Waals surface area (Å²) in [6.45, 7) is 4.97. The molecule has 0 saturated carbocycles. The van der Waals surface area contributed by atoms with Crippen molar-refractivity contribution in [2.75, 3.05) is 13.2 Å². The monoisotopic (exact) mass is 404 g/mol. The number of ether oxygens (including phenoxy) is 2. The molecule has 4 rings (SSSR count). The van der Waals surface area contributed by atoms with Gasteiger partial charge < -0.3 is 18.3 Å². The first-order chi connectivity index (χ1) is 14.6. The molecule has 0 aliphatic heterocycles. The SMILES string of the molecule is Cc1ccc(OCCCCOc2c(-c3ccco3)oc3cc(C)ccc3c2=O)cc1. The average Bonchev–Trinajstić information content (AvgIpc) is 3.27. The summed E-state index contributed by atoms with van der Waals surface area (Å²) in [5.74, 6) is 1.82. The summed E-state index contributed by atoms with van der Waals surface area (Å²) in [4.78, 5) is 13.0. The molecule has 0 aliphatic rings. The van der Waals surface area contributed by atoms with Crippen molar-refractivity contribution in [2.24, 2.45) is 0 Å². The Labute approximate surface area is 174 Å². The number of rotatable bonds is 8. The molecular weight excluding hydrogens is 380 g/mol. The van der Waals surface area contributed by atoms with Gasteiger partial charge in [0.2, 0.25) is 16.9 Å². The largest absolute Gasteiger partial charge is 0.494 e. The molecule has 0 bridgehead atoms. The lowest BCUT2D eigenvalue weighted by Gasteiger charge is -2.11. The van der Waals surface area contributed by atoms with Gasteiger partial charge in [0.15, 0.2) is 5.76 Å². The van der Waals surface area contributed by atoms with Crippen LogP contribution in [0.4, 0.5) is 0 Å². The summed E-state index contributed by atoms with van der Waals surface area (Å²) in [7, 11) is 0. The van der Waals surface area contributed by atoms with Crippen LogP contribution < -0.4 is 14.9 Å². The normalized spacial score (nSPS) is 11.0. The minimum atomic E-state index is -0.196. The van der Waals surface area contributed by atoms with Crippen LogP contribution in [0.5, 0.6) is 11.5 Å². The number of benzene rings is 2. The highest BCUT2D eigenvalue weighted by Crippen LogP contribution is 2.31. The second-order valence-corrected chi connectivity index (χ2v) is 7.28. The van der Waals surface area contributed by atoms with Gasteiger partial charge in [0, 0.05) is 0 Å². The Morgan fingerprint density at radius 3 is 2.33 bits per heavy atom. The Morgan fingerprint density at radius 1 is 0.867 bits per heavy atom. The van der Waals surface area contributed by atoms with E-state index in [0.717, 1.165) is 24.2 Å². The summed E-state index contributed by atoms with van der Waals surface area (Å²) in [6.07, 6.45) is 3.10. The van der Waals surface area contributed by atoms with Crippen molar-refractivity contribution in [2.45, 2.75) is 26.7 Å². The number of aryl methyl sites for hydroxylation is 2. The molecule has 5 nitrogen and oxygen atoms in total. The molecule has 30 heavy (non-hydrogen) atoms. The van der Waals surface area contributed by atoms with E-state index in [9.17, 15) is 4.79 Å². The highest BCUT2D eigenvalue weighted by molar-refractivity contribution is 5.81. The van der Waals surface area contributed by atoms with Crippen molar-refractivity contribution < 1.29 is 18.3 Å². The molecule has 0 radical (unpaired) electrons. The van der Waals surface area contributed by atoms with E-state index in [1.807, 2.05) is 50.2 Å². The first kappa shape index (κ1) is 19.8. The summed E-state index contributed by atoms with van der Waals surface area (Å²) in [6, 6.07) is 17.0. The molecule has 0 fully saturated rings. The predicted octanol–water partition coefficient (Wildman–Crippen LogP) is 5.91. The van der Waals surface area contributed by atoms with Gasteiger partial charge in [-0.15, -0.1) is 0 Å². The molecule has 0 atom stereocenters. The molecule has 154 valence electrons. The Kier molecular flexibility index (Phi) is 5.89. The highest BCUT2D eigenvalue weighted by atomic mass is 16.5. The van der Waals surface area contributed by atoms with Gasteiger partial charge in [-0.05, 0) is 68.7 Å². The third kappa shape index (κ3) is 4.40. The highest BCUT2D eigenvalue weighted by Gasteiger charge is 2.19. The lowest BCUT2D eigenvalue weighted by Crippen LogP contribution is -2.12. The lowest BCUT2D eigenvalue weighted by atomic mass is 10.1. The zero-order valence-corrected chi connectivity index (χ0v) is 17.1. The first-order valence-electron chi connectivity index (χ1n) is 10.1. The van der Waals surface area contributed by atoms with Gasteiger partial charge >= 0.3 is 0 Å². The van der Waals surface area contributed by atoms with Gasteiger partial charge in [0.25, 0.3) is 0 Å². The Bertz CT molecular complexity index is 1170. The number of hydrogen-bond donors (Lipinski definition) is 0. The molecule has 0 saturated heterocycles. The molecular formula is C25H24O5.